The third-order valence-electron chi connectivity index (χ3n) is 3.96. The van der Waals surface area contributed by atoms with Crippen LogP contribution in [-0.2, 0) is 16.1 Å². The number of hydrogen-bond acceptors (Lipinski definition) is 4. The molecule has 116 valence electrons. The fourth-order valence-electron chi connectivity index (χ4n) is 2.87. The average molecular weight is 300 g/mol. The summed E-state index contributed by atoms with van der Waals surface area (Å²) < 4.78 is 5.33. The molecule has 2 unspecified atom stereocenters. The minimum atomic E-state index is -0.545. The highest BCUT2D eigenvalue weighted by molar-refractivity contribution is 5.89. The predicted molar refractivity (Wildman–Crippen MR) is 80.8 cm³/mol. The van der Waals surface area contributed by atoms with Crippen molar-refractivity contribution in [3.63, 3.8) is 0 Å². The van der Waals surface area contributed by atoms with E-state index < -0.39 is 12.1 Å². The molecule has 1 fully saturated rings. The molecule has 1 aromatic rings. The van der Waals surface area contributed by atoms with E-state index in [1.165, 1.54) is 4.90 Å². The molecule has 1 saturated heterocycles. The molecule has 0 radical (unpaired) electrons. The molecule has 2 rings (SSSR count). The van der Waals surface area contributed by atoms with Crippen LogP contribution in [0.15, 0.2) is 30.3 Å². The van der Waals surface area contributed by atoms with Crippen LogP contribution in [0.4, 0.5) is 4.79 Å². The Hall–Kier alpha value is -2.35. The Kier molecular flexibility index (Phi) is 5.54. The van der Waals surface area contributed by atoms with Gasteiger partial charge in [-0.05, 0) is 24.3 Å². The summed E-state index contributed by atoms with van der Waals surface area (Å²) in [4.78, 5) is 25.9. The lowest BCUT2D eigenvalue weighted by Gasteiger charge is -2.37. The van der Waals surface area contributed by atoms with E-state index in [1.54, 1.807) is 0 Å². The van der Waals surface area contributed by atoms with Crippen LogP contribution < -0.4 is 0 Å². The topological polar surface area (TPSA) is 70.4 Å². The number of ketones is 1. The van der Waals surface area contributed by atoms with Gasteiger partial charge in [-0.1, -0.05) is 37.3 Å². The van der Waals surface area contributed by atoms with Crippen molar-refractivity contribution in [1.29, 1.82) is 5.26 Å². The van der Waals surface area contributed by atoms with Gasteiger partial charge in [0, 0.05) is 6.54 Å². The van der Waals surface area contributed by atoms with E-state index in [0.29, 0.717) is 6.54 Å². The van der Waals surface area contributed by atoms with Crippen LogP contribution in [-0.4, -0.2) is 29.4 Å². The van der Waals surface area contributed by atoms with Crippen molar-refractivity contribution in [2.24, 2.45) is 5.92 Å². The second-order valence-corrected chi connectivity index (χ2v) is 5.60. The zero-order valence-corrected chi connectivity index (χ0v) is 12.7. The number of piperidine rings is 1. The summed E-state index contributed by atoms with van der Waals surface area (Å²) in [7, 11) is 0. The minimum absolute atomic E-state index is 0.0545. The summed E-state index contributed by atoms with van der Waals surface area (Å²) in [5, 5.41) is 8.72. The lowest BCUT2D eigenvalue weighted by molar-refractivity contribution is -0.125. The van der Waals surface area contributed by atoms with Crippen LogP contribution in [0, 0.1) is 17.2 Å². The highest BCUT2D eigenvalue weighted by Gasteiger charge is 2.37. The van der Waals surface area contributed by atoms with Gasteiger partial charge < -0.3 is 4.74 Å². The maximum absolute atomic E-state index is 12.3. The highest BCUT2D eigenvalue weighted by atomic mass is 16.6. The molecule has 0 bridgehead atoms. The molecule has 2 atom stereocenters. The van der Waals surface area contributed by atoms with Gasteiger partial charge in [-0.2, -0.15) is 5.26 Å². The number of amides is 1. The van der Waals surface area contributed by atoms with Crippen LogP contribution in [0.1, 0.15) is 31.7 Å². The van der Waals surface area contributed by atoms with Crippen LogP contribution >= 0.6 is 0 Å². The minimum Gasteiger partial charge on any atom is -0.445 e. The fourth-order valence-corrected chi connectivity index (χ4v) is 2.87. The van der Waals surface area contributed by atoms with E-state index in [-0.39, 0.29) is 24.7 Å². The first-order valence-corrected chi connectivity index (χ1v) is 7.50. The molecule has 0 N–H and O–H groups in total. The number of benzene rings is 1. The lowest BCUT2D eigenvalue weighted by atomic mass is 9.87. The Morgan fingerprint density at radius 2 is 2.09 bits per heavy atom. The van der Waals surface area contributed by atoms with Crippen molar-refractivity contribution < 1.29 is 14.3 Å². The van der Waals surface area contributed by atoms with Gasteiger partial charge in [0.15, 0.2) is 5.78 Å². The van der Waals surface area contributed by atoms with Crippen molar-refractivity contribution >= 4 is 11.9 Å². The molecule has 1 amide bonds. The van der Waals surface area contributed by atoms with Crippen LogP contribution in [0.5, 0.6) is 0 Å². The van der Waals surface area contributed by atoms with E-state index in [0.717, 1.165) is 18.4 Å². The normalized spacial score (nSPS) is 21.0. The summed E-state index contributed by atoms with van der Waals surface area (Å²) in [5.41, 5.74) is 0.904. The van der Waals surface area contributed by atoms with Crippen molar-refractivity contribution in [1.82, 2.24) is 4.90 Å². The quantitative estimate of drug-likeness (QED) is 0.857. The summed E-state index contributed by atoms with van der Waals surface area (Å²) in [5.74, 6) is -0.148. The molecule has 1 heterocycles. The standard InChI is InChI=1S/C17H20N2O3/c1-13-6-5-11-19(16(13)15(20)9-10-18)17(21)22-12-14-7-3-2-4-8-14/h2-4,7-8,13,16H,5-6,9,11-12H2,1H3. The average Bonchev–Trinajstić information content (AvgIpc) is 2.53. The first kappa shape index (κ1) is 16.0. The Bertz CT molecular complexity index is 565. The molecule has 5 heteroatoms. The van der Waals surface area contributed by atoms with Crippen molar-refractivity contribution in [2.75, 3.05) is 6.54 Å². The molecule has 1 aromatic carbocycles. The largest absolute Gasteiger partial charge is 0.445 e. The molecule has 1 aliphatic rings. The van der Waals surface area contributed by atoms with Gasteiger partial charge >= 0.3 is 6.09 Å². The van der Waals surface area contributed by atoms with E-state index in [2.05, 4.69) is 0 Å². The number of carbonyl (C=O) groups is 2. The van der Waals surface area contributed by atoms with Gasteiger partial charge in [0.2, 0.25) is 0 Å². The van der Waals surface area contributed by atoms with E-state index in [1.807, 2.05) is 43.3 Å². The summed E-state index contributed by atoms with van der Waals surface area (Å²) in [6, 6.07) is 10.7. The smallest absolute Gasteiger partial charge is 0.410 e. The Morgan fingerprint density at radius 3 is 2.77 bits per heavy atom. The molecule has 0 aromatic heterocycles. The third kappa shape index (κ3) is 3.85. The van der Waals surface area contributed by atoms with Crippen LogP contribution in [0.25, 0.3) is 0 Å². The van der Waals surface area contributed by atoms with Crippen molar-refractivity contribution in [3.8, 4) is 6.07 Å². The first-order chi connectivity index (χ1) is 10.6. The van der Waals surface area contributed by atoms with Crippen LogP contribution in [0.2, 0.25) is 0 Å². The monoisotopic (exact) mass is 300 g/mol. The third-order valence-corrected chi connectivity index (χ3v) is 3.96. The van der Waals surface area contributed by atoms with Crippen LogP contribution in [0.3, 0.4) is 0 Å². The Balaban J connectivity index is 2.02. The van der Waals surface area contributed by atoms with Gasteiger partial charge in [-0.25, -0.2) is 4.79 Å². The van der Waals surface area contributed by atoms with Gasteiger partial charge in [-0.3, -0.25) is 9.69 Å². The number of carbonyl (C=O) groups excluding carboxylic acids is 2. The van der Waals surface area contributed by atoms with Crippen molar-refractivity contribution in [3.05, 3.63) is 35.9 Å². The number of hydrogen-bond donors (Lipinski definition) is 0. The molecule has 1 aliphatic heterocycles. The van der Waals surface area contributed by atoms with Crippen molar-refractivity contribution in [2.45, 2.75) is 38.8 Å². The molecule has 0 aliphatic carbocycles. The highest BCUT2D eigenvalue weighted by Crippen LogP contribution is 2.25. The number of likely N-dealkylation sites (tertiary alicyclic amines) is 1. The van der Waals surface area contributed by atoms with E-state index in [9.17, 15) is 9.59 Å². The molecular formula is C17H20N2O3. The number of nitrogens with zero attached hydrogens (tertiary/aromatic N) is 2. The predicted octanol–water partition coefficient (Wildman–Crippen LogP) is 2.91. The molecule has 0 spiro atoms. The Morgan fingerprint density at radius 1 is 1.36 bits per heavy atom. The summed E-state index contributed by atoms with van der Waals surface area (Å²) in [6.07, 6.45) is 1.08. The number of nitriles is 1. The zero-order valence-electron chi connectivity index (χ0n) is 12.7. The van der Waals surface area contributed by atoms with Gasteiger partial charge in [0.1, 0.15) is 6.61 Å². The maximum Gasteiger partial charge on any atom is 0.410 e. The second kappa shape index (κ2) is 7.60. The fraction of sp³-hybridized carbons (Fsp3) is 0.471. The van der Waals surface area contributed by atoms with E-state index in [4.69, 9.17) is 10.00 Å². The van der Waals surface area contributed by atoms with Gasteiger partial charge in [0.05, 0.1) is 18.5 Å². The summed E-state index contributed by atoms with van der Waals surface area (Å²) >= 11 is 0. The molecule has 0 saturated carbocycles. The number of rotatable bonds is 4. The maximum atomic E-state index is 12.3. The second-order valence-electron chi connectivity index (χ2n) is 5.60. The van der Waals surface area contributed by atoms with Gasteiger partial charge in [-0.15, -0.1) is 0 Å². The lowest BCUT2D eigenvalue weighted by Crippen LogP contribution is -2.52. The SMILES string of the molecule is CC1CCCN(C(=O)OCc2ccccc2)C1C(=O)CC#N. The molecule has 22 heavy (non-hydrogen) atoms. The van der Waals surface area contributed by atoms with E-state index >= 15 is 0 Å². The van der Waals surface area contributed by atoms with Gasteiger partial charge in [0.25, 0.3) is 0 Å². The number of ether oxygens (including phenoxy) is 1. The first-order valence-electron chi connectivity index (χ1n) is 7.50. The Labute approximate surface area is 130 Å². The number of Topliss-reactive ketones (excluding diaryl/α,β-unsaturated/α-hetero) is 1. The molecular weight excluding hydrogens is 280 g/mol. The summed E-state index contributed by atoms with van der Waals surface area (Å²) in [6.45, 7) is 2.63. The zero-order chi connectivity index (χ0) is 15.9. The molecule has 5 nitrogen and oxygen atoms in total.